The largest absolute Gasteiger partial charge is 0.354 e. The zero-order valence-electron chi connectivity index (χ0n) is 9.62. The Morgan fingerprint density at radius 1 is 1.76 bits per heavy atom. The van der Waals surface area contributed by atoms with Gasteiger partial charge in [-0.1, -0.05) is 5.11 Å². The number of ether oxygens (including phenoxy) is 3. The van der Waals surface area contributed by atoms with Crippen molar-refractivity contribution in [2.24, 2.45) is 10.8 Å². The molecule has 0 aliphatic carbocycles. The lowest BCUT2D eigenvalue weighted by atomic mass is 10.1. The summed E-state index contributed by atoms with van der Waals surface area (Å²) >= 11 is 0. The number of amides is 2. The Hall–Kier alpha value is -1.54. The first-order chi connectivity index (χ1) is 8.07. The van der Waals surface area contributed by atoms with Crippen LogP contribution in [0.15, 0.2) is 5.11 Å². The number of primary amides is 1. The monoisotopic (exact) mass is 245 g/mol. The van der Waals surface area contributed by atoms with E-state index in [-0.39, 0.29) is 13.0 Å². The van der Waals surface area contributed by atoms with E-state index in [0.29, 0.717) is 0 Å². The first-order valence-corrected chi connectivity index (χ1v) is 4.90. The maximum atomic E-state index is 10.9. The van der Waals surface area contributed by atoms with Crippen LogP contribution in [-0.4, -0.2) is 44.9 Å². The van der Waals surface area contributed by atoms with Crippen LogP contribution >= 0.6 is 0 Å². The zero-order valence-corrected chi connectivity index (χ0v) is 9.62. The van der Waals surface area contributed by atoms with Gasteiger partial charge in [-0.2, -0.15) is 0 Å². The van der Waals surface area contributed by atoms with Gasteiger partial charge in [0.1, 0.15) is 0 Å². The molecule has 0 aromatic heterocycles. The molecule has 1 heterocycles. The Labute approximate surface area is 97.8 Å². The lowest BCUT2D eigenvalue weighted by Gasteiger charge is -2.31. The Bertz CT molecular complexity index is 332. The highest BCUT2D eigenvalue weighted by Crippen LogP contribution is 2.32. The smallest absolute Gasteiger partial charge is 0.314 e. The summed E-state index contributed by atoms with van der Waals surface area (Å²) in [6.07, 6.45) is -0.925. The third-order valence-corrected chi connectivity index (χ3v) is 2.49. The number of hydrogen-bond donors (Lipinski definition) is 2. The van der Waals surface area contributed by atoms with Gasteiger partial charge in [-0.3, -0.25) is 0 Å². The van der Waals surface area contributed by atoms with Gasteiger partial charge in [-0.05, 0) is 5.53 Å². The van der Waals surface area contributed by atoms with Crippen molar-refractivity contribution < 1.29 is 19.0 Å². The lowest BCUT2D eigenvalue weighted by Crippen LogP contribution is -2.57. The van der Waals surface area contributed by atoms with Crippen molar-refractivity contribution in [2.75, 3.05) is 20.8 Å². The molecule has 2 amide bonds. The van der Waals surface area contributed by atoms with Crippen LogP contribution in [0, 0.1) is 0 Å². The van der Waals surface area contributed by atoms with Crippen molar-refractivity contribution in [3.8, 4) is 0 Å². The van der Waals surface area contributed by atoms with E-state index in [2.05, 4.69) is 15.3 Å². The Balaban J connectivity index is 2.80. The van der Waals surface area contributed by atoms with Gasteiger partial charge in [0.05, 0.1) is 12.6 Å². The van der Waals surface area contributed by atoms with Crippen LogP contribution in [0.5, 0.6) is 0 Å². The molecule has 1 saturated heterocycles. The molecule has 17 heavy (non-hydrogen) atoms. The van der Waals surface area contributed by atoms with Crippen molar-refractivity contribution in [2.45, 2.75) is 24.5 Å². The average molecular weight is 245 g/mol. The van der Waals surface area contributed by atoms with E-state index in [0.717, 1.165) is 0 Å². The molecule has 1 aliphatic heterocycles. The Morgan fingerprint density at radius 2 is 2.47 bits per heavy atom. The predicted octanol–water partition coefficient (Wildman–Crippen LogP) is 0.0691. The summed E-state index contributed by atoms with van der Waals surface area (Å²) < 4.78 is 15.7. The van der Waals surface area contributed by atoms with Gasteiger partial charge in [-0.15, -0.1) is 0 Å². The molecule has 0 bridgehead atoms. The molecule has 0 spiro atoms. The molecule has 1 fully saturated rings. The van der Waals surface area contributed by atoms with E-state index < -0.39 is 24.2 Å². The fourth-order valence-electron chi connectivity index (χ4n) is 1.80. The van der Waals surface area contributed by atoms with Gasteiger partial charge in [0.15, 0.2) is 5.72 Å². The molecule has 96 valence electrons. The number of azide groups is 1. The number of nitrogens with zero attached hydrogens (tertiary/aromatic N) is 3. The van der Waals surface area contributed by atoms with Crippen molar-refractivity contribution in [3.05, 3.63) is 10.4 Å². The lowest BCUT2D eigenvalue weighted by molar-refractivity contribution is -0.201. The van der Waals surface area contributed by atoms with E-state index in [4.69, 9.17) is 25.5 Å². The van der Waals surface area contributed by atoms with Crippen LogP contribution in [-0.2, 0) is 14.2 Å². The van der Waals surface area contributed by atoms with Gasteiger partial charge in [0.2, 0.25) is 6.29 Å². The van der Waals surface area contributed by atoms with Crippen molar-refractivity contribution in [3.63, 3.8) is 0 Å². The topological polar surface area (TPSA) is 132 Å². The summed E-state index contributed by atoms with van der Waals surface area (Å²) in [5.74, 6) is 0. The summed E-state index contributed by atoms with van der Waals surface area (Å²) in [4.78, 5) is 13.6. The van der Waals surface area contributed by atoms with Crippen LogP contribution in [0.1, 0.15) is 6.42 Å². The standard InChI is InChI=1S/C8H15N5O4/c1-15-6-8(16-2,12-7(9)14)3-5(17-6)4-11-13-10/h5-6H,3-4H2,1-2H3,(H3,9,12,14)/t5-,6?,8?/m1/s1. The highest BCUT2D eigenvalue weighted by Gasteiger charge is 2.50. The third-order valence-electron chi connectivity index (χ3n) is 2.49. The SMILES string of the molecule is COC1O[C@@H](CN=[N+]=[N-])CC1(NC(N)=O)OC. The molecule has 0 radical (unpaired) electrons. The molecule has 2 unspecified atom stereocenters. The van der Waals surface area contributed by atoms with Crippen LogP contribution < -0.4 is 11.1 Å². The first-order valence-electron chi connectivity index (χ1n) is 4.90. The quantitative estimate of drug-likeness (QED) is 0.307. The fourth-order valence-corrected chi connectivity index (χ4v) is 1.80. The molecule has 9 heteroatoms. The number of hydrogen-bond acceptors (Lipinski definition) is 5. The molecular weight excluding hydrogens is 230 g/mol. The molecule has 3 atom stereocenters. The number of carbonyl (C=O) groups is 1. The second kappa shape index (κ2) is 5.69. The van der Waals surface area contributed by atoms with Gasteiger partial charge < -0.3 is 25.3 Å². The molecule has 0 aromatic rings. The molecule has 3 N–H and O–H groups in total. The first kappa shape index (κ1) is 13.5. The van der Waals surface area contributed by atoms with E-state index in [1.807, 2.05) is 0 Å². The summed E-state index contributed by atoms with van der Waals surface area (Å²) in [6.45, 7) is 0.127. The van der Waals surface area contributed by atoms with Gasteiger partial charge in [-0.25, -0.2) is 4.79 Å². The van der Waals surface area contributed by atoms with Crippen LogP contribution in [0.4, 0.5) is 4.79 Å². The van der Waals surface area contributed by atoms with E-state index >= 15 is 0 Å². The van der Waals surface area contributed by atoms with Crippen molar-refractivity contribution in [1.29, 1.82) is 0 Å². The predicted molar refractivity (Wildman–Crippen MR) is 56.8 cm³/mol. The molecule has 9 nitrogen and oxygen atoms in total. The minimum Gasteiger partial charge on any atom is -0.354 e. The van der Waals surface area contributed by atoms with Crippen LogP contribution in [0.3, 0.4) is 0 Å². The van der Waals surface area contributed by atoms with Gasteiger partial charge >= 0.3 is 6.03 Å². The number of methoxy groups -OCH3 is 2. The van der Waals surface area contributed by atoms with E-state index in [9.17, 15) is 4.79 Å². The highest BCUT2D eigenvalue weighted by molar-refractivity contribution is 5.72. The maximum absolute atomic E-state index is 10.9. The van der Waals surface area contributed by atoms with E-state index in [1.54, 1.807) is 0 Å². The third kappa shape index (κ3) is 2.98. The fraction of sp³-hybridized carbons (Fsp3) is 0.875. The van der Waals surface area contributed by atoms with Gasteiger partial charge in [0, 0.05) is 25.6 Å². The molecule has 1 aliphatic rings. The number of carbonyl (C=O) groups excluding carboxylic acids is 1. The second-order valence-corrected chi connectivity index (χ2v) is 3.53. The normalized spacial score (nSPS) is 31.9. The van der Waals surface area contributed by atoms with Gasteiger partial charge in [0.25, 0.3) is 0 Å². The van der Waals surface area contributed by atoms with E-state index in [1.165, 1.54) is 14.2 Å². The van der Waals surface area contributed by atoms with Crippen LogP contribution in [0.2, 0.25) is 0 Å². The summed E-state index contributed by atoms with van der Waals surface area (Å²) in [5, 5.41) is 5.85. The zero-order chi connectivity index (χ0) is 12.9. The minimum atomic E-state index is -1.16. The number of urea groups is 1. The van der Waals surface area contributed by atoms with Crippen molar-refractivity contribution in [1.82, 2.24) is 5.32 Å². The van der Waals surface area contributed by atoms with Crippen molar-refractivity contribution >= 4 is 6.03 Å². The summed E-state index contributed by atoms with van der Waals surface area (Å²) in [7, 11) is 2.82. The second-order valence-electron chi connectivity index (χ2n) is 3.53. The highest BCUT2D eigenvalue weighted by atomic mass is 16.7. The molecule has 0 saturated carbocycles. The summed E-state index contributed by atoms with van der Waals surface area (Å²) in [6, 6.07) is -0.748. The number of nitrogens with one attached hydrogen (secondary N) is 1. The Kier molecular flexibility index (Phi) is 4.53. The summed E-state index contributed by atoms with van der Waals surface area (Å²) in [5.41, 5.74) is 12.1. The minimum absolute atomic E-state index is 0.127. The molecule has 1 rings (SSSR count). The maximum Gasteiger partial charge on any atom is 0.314 e. The number of nitrogens with two attached hydrogens (primary N) is 1. The number of rotatable bonds is 5. The molecule has 0 aromatic carbocycles. The molecular formula is C8H15N5O4. The Morgan fingerprint density at radius 3 is 2.94 bits per heavy atom. The average Bonchev–Trinajstić information content (AvgIpc) is 2.64. The van der Waals surface area contributed by atoms with Crippen LogP contribution in [0.25, 0.3) is 10.4 Å².